The number of esters is 1. The molecule has 1 aliphatic carbocycles. The third-order valence-corrected chi connectivity index (χ3v) is 7.78. The lowest BCUT2D eigenvalue weighted by Gasteiger charge is -2.43. The van der Waals surface area contributed by atoms with E-state index < -0.39 is 17.5 Å². The molecule has 2 aliphatic rings. The molecule has 3 aromatic rings. The van der Waals surface area contributed by atoms with Crippen LogP contribution in [0, 0.1) is 18.8 Å². The highest BCUT2D eigenvalue weighted by Gasteiger charge is 2.51. The Morgan fingerprint density at radius 1 is 1.14 bits per heavy atom. The summed E-state index contributed by atoms with van der Waals surface area (Å²) in [5.74, 6) is -0.610. The molecule has 2 atom stereocenters. The van der Waals surface area contributed by atoms with E-state index in [4.69, 9.17) is 4.74 Å². The molecule has 0 bridgehead atoms. The molecule has 1 saturated heterocycles. The normalized spacial score (nSPS) is 22.9. The van der Waals surface area contributed by atoms with Gasteiger partial charge in [0.25, 0.3) is 5.78 Å². The second-order valence-electron chi connectivity index (χ2n) is 10.2. The SMILES string of the molecule is CCc1cc(CC[C@]2(C3CCCC3)CC(=O)C(Cc3nc4ncc(C)cn4n3)C(=O)O2)c(O)cc1O. The molecule has 3 heterocycles. The first kappa shape index (κ1) is 24.2. The summed E-state index contributed by atoms with van der Waals surface area (Å²) in [6, 6.07) is 3.16. The minimum atomic E-state index is -0.938. The van der Waals surface area contributed by atoms with Gasteiger partial charge in [0.15, 0.2) is 11.6 Å². The molecule has 5 rings (SSSR count). The van der Waals surface area contributed by atoms with Crippen molar-refractivity contribution in [2.24, 2.45) is 11.8 Å². The van der Waals surface area contributed by atoms with Gasteiger partial charge in [-0.25, -0.2) is 9.50 Å². The van der Waals surface area contributed by atoms with Crippen LogP contribution in [-0.2, 0) is 33.6 Å². The van der Waals surface area contributed by atoms with Gasteiger partial charge < -0.3 is 14.9 Å². The Hall–Kier alpha value is -3.49. The van der Waals surface area contributed by atoms with Crippen LogP contribution >= 0.6 is 0 Å². The zero-order chi connectivity index (χ0) is 25.4. The molecule has 0 radical (unpaired) electrons. The highest BCUT2D eigenvalue weighted by atomic mass is 16.6. The predicted octanol–water partition coefficient (Wildman–Crippen LogP) is 3.64. The van der Waals surface area contributed by atoms with Gasteiger partial charge in [-0.2, -0.15) is 4.98 Å². The number of aryl methyl sites for hydroxylation is 3. The van der Waals surface area contributed by atoms with Crippen LogP contribution < -0.4 is 0 Å². The standard InChI is InChI=1S/C27H32N4O5/c1-3-17-10-18(22(33)12-21(17)32)8-9-27(19-6-4-5-7-19)13-23(34)20(25(35)36-27)11-24-29-26-28-14-16(2)15-31(26)30-24/h10,12,14-15,19-20,32-33H,3-9,11,13H2,1-2H3/t20?,27-/m1/s1. The van der Waals surface area contributed by atoms with E-state index in [0.29, 0.717) is 36.4 Å². The zero-order valence-corrected chi connectivity index (χ0v) is 20.7. The van der Waals surface area contributed by atoms with Crippen molar-refractivity contribution < 1.29 is 24.5 Å². The topological polar surface area (TPSA) is 127 Å². The molecule has 1 saturated carbocycles. The molecular formula is C27H32N4O5. The summed E-state index contributed by atoms with van der Waals surface area (Å²) >= 11 is 0. The zero-order valence-electron chi connectivity index (χ0n) is 20.7. The Labute approximate surface area is 209 Å². The van der Waals surface area contributed by atoms with E-state index >= 15 is 0 Å². The third-order valence-electron chi connectivity index (χ3n) is 7.78. The van der Waals surface area contributed by atoms with Gasteiger partial charge in [-0.1, -0.05) is 19.8 Å². The highest BCUT2D eigenvalue weighted by Crippen LogP contribution is 2.45. The first-order valence-corrected chi connectivity index (χ1v) is 12.7. The van der Waals surface area contributed by atoms with Crippen molar-refractivity contribution in [1.29, 1.82) is 0 Å². The first-order valence-electron chi connectivity index (χ1n) is 12.7. The smallest absolute Gasteiger partial charge is 0.317 e. The number of hydrogen-bond acceptors (Lipinski definition) is 8. The largest absolute Gasteiger partial charge is 0.508 e. The van der Waals surface area contributed by atoms with Crippen LogP contribution in [0.5, 0.6) is 11.5 Å². The molecule has 2 N–H and O–H groups in total. The minimum Gasteiger partial charge on any atom is -0.508 e. The molecule has 0 spiro atoms. The van der Waals surface area contributed by atoms with Gasteiger partial charge in [-0.3, -0.25) is 9.59 Å². The Kier molecular flexibility index (Phi) is 6.40. The summed E-state index contributed by atoms with van der Waals surface area (Å²) in [6.07, 6.45) is 9.16. The summed E-state index contributed by atoms with van der Waals surface area (Å²) in [5.41, 5.74) is 1.48. The number of ketones is 1. The molecule has 1 unspecified atom stereocenters. The fourth-order valence-electron chi connectivity index (χ4n) is 5.77. The van der Waals surface area contributed by atoms with Gasteiger partial charge >= 0.3 is 5.97 Å². The Bertz CT molecular complexity index is 1290. The molecular weight excluding hydrogens is 460 g/mol. The van der Waals surface area contributed by atoms with Gasteiger partial charge in [0.2, 0.25) is 0 Å². The van der Waals surface area contributed by atoms with Crippen molar-refractivity contribution in [2.75, 3.05) is 0 Å². The molecule has 1 aliphatic heterocycles. The van der Waals surface area contributed by atoms with Crippen molar-refractivity contribution in [3.8, 4) is 11.5 Å². The van der Waals surface area contributed by atoms with Crippen molar-refractivity contribution in [2.45, 2.75) is 77.2 Å². The highest BCUT2D eigenvalue weighted by molar-refractivity contribution is 6.01. The summed E-state index contributed by atoms with van der Waals surface area (Å²) in [7, 11) is 0. The Balaban J connectivity index is 1.36. The van der Waals surface area contributed by atoms with Crippen LogP contribution in [0.2, 0.25) is 0 Å². The Morgan fingerprint density at radius 2 is 1.89 bits per heavy atom. The second-order valence-corrected chi connectivity index (χ2v) is 10.2. The Morgan fingerprint density at radius 3 is 2.61 bits per heavy atom. The number of carbonyl (C=O) groups excluding carboxylic acids is 2. The molecule has 190 valence electrons. The van der Waals surface area contributed by atoms with Gasteiger partial charge in [-0.15, -0.1) is 5.10 Å². The minimum absolute atomic E-state index is 0.0133. The van der Waals surface area contributed by atoms with Crippen LogP contribution in [0.15, 0.2) is 24.5 Å². The molecule has 0 amide bonds. The maximum atomic E-state index is 13.4. The van der Waals surface area contributed by atoms with Crippen molar-refractivity contribution in [3.05, 3.63) is 47.0 Å². The molecule has 2 fully saturated rings. The van der Waals surface area contributed by atoms with Crippen molar-refractivity contribution in [3.63, 3.8) is 0 Å². The van der Waals surface area contributed by atoms with Gasteiger partial charge in [0, 0.05) is 31.3 Å². The quantitative estimate of drug-likeness (QED) is 0.378. The molecule has 9 heteroatoms. The summed E-state index contributed by atoms with van der Waals surface area (Å²) in [4.78, 5) is 35.3. The average Bonchev–Trinajstić information content (AvgIpc) is 3.51. The number of phenolic OH excluding ortho intramolecular Hbond substituents is 2. The molecule has 36 heavy (non-hydrogen) atoms. The lowest BCUT2D eigenvalue weighted by atomic mass is 9.73. The number of aromatic nitrogens is 4. The average molecular weight is 493 g/mol. The van der Waals surface area contributed by atoms with E-state index in [2.05, 4.69) is 15.1 Å². The fourth-order valence-corrected chi connectivity index (χ4v) is 5.77. The maximum absolute atomic E-state index is 13.4. The monoisotopic (exact) mass is 492 g/mol. The number of hydrogen-bond donors (Lipinski definition) is 2. The van der Waals surface area contributed by atoms with Crippen LogP contribution in [0.25, 0.3) is 5.78 Å². The maximum Gasteiger partial charge on any atom is 0.317 e. The summed E-state index contributed by atoms with van der Waals surface area (Å²) in [5, 5.41) is 24.9. The number of aromatic hydroxyl groups is 2. The van der Waals surface area contributed by atoms with E-state index in [1.807, 2.05) is 13.8 Å². The van der Waals surface area contributed by atoms with Gasteiger partial charge in [0.1, 0.15) is 23.0 Å². The number of Topliss-reactive ketones (excluding diaryl/α,β-unsaturated/α-hetero) is 1. The number of nitrogens with zero attached hydrogens (tertiary/aromatic N) is 4. The molecule has 1 aromatic carbocycles. The van der Waals surface area contributed by atoms with Crippen molar-refractivity contribution in [1.82, 2.24) is 19.6 Å². The summed E-state index contributed by atoms with van der Waals surface area (Å²) in [6.45, 7) is 3.84. The van der Waals surface area contributed by atoms with E-state index in [0.717, 1.165) is 36.8 Å². The number of cyclic esters (lactones) is 1. The van der Waals surface area contributed by atoms with Crippen LogP contribution in [0.3, 0.4) is 0 Å². The van der Waals surface area contributed by atoms with Gasteiger partial charge in [0.05, 0.1) is 0 Å². The fraction of sp³-hybridized carbons (Fsp3) is 0.519. The number of fused-ring (bicyclic) bond motifs is 1. The van der Waals surface area contributed by atoms with E-state index in [-0.39, 0.29) is 36.0 Å². The number of rotatable bonds is 7. The van der Waals surface area contributed by atoms with Crippen LogP contribution in [-0.4, -0.2) is 47.1 Å². The number of carbonyl (C=O) groups is 2. The molecule has 2 aromatic heterocycles. The summed E-state index contributed by atoms with van der Waals surface area (Å²) < 4.78 is 7.74. The van der Waals surface area contributed by atoms with Gasteiger partial charge in [-0.05, 0) is 67.7 Å². The van der Waals surface area contributed by atoms with E-state index in [1.54, 1.807) is 23.0 Å². The number of ether oxygens (including phenoxy) is 1. The first-order chi connectivity index (χ1) is 17.3. The lowest BCUT2D eigenvalue weighted by molar-refractivity contribution is -0.185. The number of benzene rings is 1. The van der Waals surface area contributed by atoms with Crippen molar-refractivity contribution >= 4 is 17.5 Å². The predicted molar refractivity (Wildman–Crippen MR) is 131 cm³/mol. The van der Waals surface area contributed by atoms with E-state index in [1.165, 1.54) is 6.07 Å². The van der Waals surface area contributed by atoms with E-state index in [9.17, 15) is 19.8 Å². The van der Waals surface area contributed by atoms with Crippen LogP contribution in [0.4, 0.5) is 0 Å². The second kappa shape index (κ2) is 9.52. The third kappa shape index (κ3) is 4.54. The van der Waals surface area contributed by atoms with Crippen LogP contribution in [0.1, 0.15) is 68.0 Å². The lowest BCUT2D eigenvalue weighted by Crippen LogP contribution is -2.52. The number of phenols is 2. The molecule has 9 nitrogen and oxygen atoms in total.